The topological polar surface area (TPSA) is 9.23 Å². The van der Waals surface area contributed by atoms with E-state index in [1.54, 1.807) is 0 Å². The second kappa shape index (κ2) is 13.9. The second-order valence-corrected chi connectivity index (χ2v) is 9.01. The van der Waals surface area contributed by atoms with E-state index in [0.29, 0.717) is 0 Å². The molecule has 0 saturated heterocycles. The highest BCUT2D eigenvalue weighted by Crippen LogP contribution is 2.28. The van der Waals surface area contributed by atoms with Crippen LogP contribution in [0.15, 0.2) is 36.1 Å². The molecular weight excluding hydrogens is 340 g/mol. The fourth-order valence-electron chi connectivity index (χ4n) is 4.29. The van der Waals surface area contributed by atoms with Crippen molar-refractivity contribution in [3.05, 3.63) is 47.2 Å². The molecule has 0 amide bonds. The summed E-state index contributed by atoms with van der Waals surface area (Å²) in [6.45, 7) is 7.80. The quantitative estimate of drug-likeness (QED) is 0.293. The van der Waals surface area contributed by atoms with Gasteiger partial charge in [0.15, 0.2) is 0 Å². The van der Waals surface area contributed by atoms with E-state index < -0.39 is 0 Å². The summed E-state index contributed by atoms with van der Waals surface area (Å²) in [6.07, 6.45) is 19.0. The summed E-state index contributed by atoms with van der Waals surface area (Å²) in [4.78, 5) is 0. The predicted octanol–water partition coefficient (Wildman–Crippen LogP) is 8.27. The van der Waals surface area contributed by atoms with Crippen molar-refractivity contribution < 1.29 is 4.74 Å². The molecule has 1 aliphatic carbocycles. The molecule has 1 heteroatoms. The van der Waals surface area contributed by atoms with E-state index in [4.69, 9.17) is 4.74 Å². The standard InChI is InChI=1S/C27H44O/c1-4-6-7-8-10-24-11-13-25(14-12-24)15-16-26-17-19-27(20-18-26)28-22-21-23(3)9-5-2/h11-14,19,23,26H,4-10,15-18,20-22H2,1-3H3. The van der Waals surface area contributed by atoms with Crippen molar-refractivity contribution in [2.75, 3.05) is 6.61 Å². The molecule has 0 aromatic heterocycles. The molecule has 2 unspecified atom stereocenters. The molecule has 1 aliphatic rings. The van der Waals surface area contributed by atoms with Gasteiger partial charge in [0.25, 0.3) is 0 Å². The fraction of sp³-hybridized carbons (Fsp3) is 0.704. The Morgan fingerprint density at radius 3 is 2.32 bits per heavy atom. The van der Waals surface area contributed by atoms with Gasteiger partial charge in [0, 0.05) is 6.42 Å². The minimum absolute atomic E-state index is 0.796. The first-order valence-electron chi connectivity index (χ1n) is 12.1. The molecule has 158 valence electrons. The first kappa shape index (κ1) is 23.0. The Morgan fingerprint density at radius 1 is 0.929 bits per heavy atom. The summed E-state index contributed by atoms with van der Waals surface area (Å²) in [6, 6.07) is 9.43. The van der Waals surface area contributed by atoms with Gasteiger partial charge in [-0.25, -0.2) is 0 Å². The van der Waals surface area contributed by atoms with Gasteiger partial charge >= 0.3 is 0 Å². The second-order valence-electron chi connectivity index (χ2n) is 9.01. The molecule has 0 spiro atoms. The SMILES string of the molecule is CCCCCCc1ccc(CCC2CC=C(OCCC(C)CCC)CC2)cc1. The van der Waals surface area contributed by atoms with E-state index in [1.807, 2.05) is 0 Å². The molecule has 0 N–H and O–H groups in total. The number of hydrogen-bond acceptors (Lipinski definition) is 1. The number of hydrogen-bond donors (Lipinski definition) is 0. The monoisotopic (exact) mass is 384 g/mol. The number of rotatable bonds is 14. The average molecular weight is 385 g/mol. The maximum absolute atomic E-state index is 6.03. The maximum atomic E-state index is 6.03. The Labute approximate surface area is 175 Å². The number of ether oxygens (including phenoxy) is 1. The van der Waals surface area contributed by atoms with Gasteiger partial charge < -0.3 is 4.74 Å². The van der Waals surface area contributed by atoms with Crippen LogP contribution >= 0.6 is 0 Å². The Hall–Kier alpha value is -1.24. The lowest BCUT2D eigenvalue weighted by Crippen LogP contribution is -2.10. The molecule has 1 aromatic carbocycles. The predicted molar refractivity (Wildman–Crippen MR) is 123 cm³/mol. The van der Waals surface area contributed by atoms with Gasteiger partial charge in [-0.15, -0.1) is 0 Å². The molecule has 1 nitrogen and oxygen atoms in total. The summed E-state index contributed by atoms with van der Waals surface area (Å²) >= 11 is 0. The van der Waals surface area contributed by atoms with E-state index in [9.17, 15) is 0 Å². The molecule has 1 aromatic rings. The van der Waals surface area contributed by atoms with Crippen molar-refractivity contribution in [2.24, 2.45) is 11.8 Å². The first-order valence-corrected chi connectivity index (χ1v) is 12.1. The van der Waals surface area contributed by atoms with Gasteiger partial charge in [0.2, 0.25) is 0 Å². The van der Waals surface area contributed by atoms with Crippen molar-refractivity contribution in [3.8, 4) is 0 Å². The lowest BCUT2D eigenvalue weighted by atomic mass is 9.88. The highest BCUT2D eigenvalue weighted by molar-refractivity contribution is 5.22. The summed E-state index contributed by atoms with van der Waals surface area (Å²) in [5.74, 6) is 2.89. The third kappa shape index (κ3) is 9.30. The summed E-state index contributed by atoms with van der Waals surface area (Å²) in [5.41, 5.74) is 3.02. The van der Waals surface area contributed by atoms with Crippen LogP contribution in [0.2, 0.25) is 0 Å². The fourth-order valence-corrected chi connectivity index (χ4v) is 4.29. The Morgan fingerprint density at radius 2 is 1.68 bits per heavy atom. The van der Waals surface area contributed by atoms with Crippen molar-refractivity contribution in [3.63, 3.8) is 0 Å². The number of allylic oxidation sites excluding steroid dienone is 2. The molecule has 0 heterocycles. The average Bonchev–Trinajstić information content (AvgIpc) is 2.72. The van der Waals surface area contributed by atoms with Gasteiger partial charge in [-0.3, -0.25) is 0 Å². The largest absolute Gasteiger partial charge is 0.498 e. The van der Waals surface area contributed by atoms with Crippen LogP contribution in [0.5, 0.6) is 0 Å². The molecule has 2 rings (SSSR count). The van der Waals surface area contributed by atoms with Crippen LogP contribution in [-0.4, -0.2) is 6.61 Å². The van der Waals surface area contributed by atoms with Gasteiger partial charge in [0.1, 0.15) is 0 Å². The van der Waals surface area contributed by atoms with Crippen LogP contribution in [-0.2, 0) is 17.6 Å². The highest BCUT2D eigenvalue weighted by atomic mass is 16.5. The molecule has 2 atom stereocenters. The van der Waals surface area contributed by atoms with E-state index in [2.05, 4.69) is 51.1 Å². The highest BCUT2D eigenvalue weighted by Gasteiger charge is 2.15. The Kier molecular flexibility index (Phi) is 11.4. The number of unbranched alkanes of at least 4 members (excludes halogenated alkanes) is 3. The normalized spacial score (nSPS) is 18.0. The lowest BCUT2D eigenvalue weighted by Gasteiger charge is -2.22. The summed E-state index contributed by atoms with van der Waals surface area (Å²) in [7, 11) is 0. The molecule has 0 fully saturated rings. The summed E-state index contributed by atoms with van der Waals surface area (Å²) in [5, 5.41) is 0. The third-order valence-electron chi connectivity index (χ3n) is 6.34. The molecular formula is C27H44O. The smallest absolute Gasteiger partial charge is 0.0920 e. The first-order chi connectivity index (χ1) is 13.7. The van der Waals surface area contributed by atoms with Crippen molar-refractivity contribution in [2.45, 2.75) is 104 Å². The lowest BCUT2D eigenvalue weighted by molar-refractivity contribution is 0.170. The van der Waals surface area contributed by atoms with Gasteiger partial charge in [-0.05, 0) is 74.0 Å². The number of aryl methyl sites for hydroxylation is 2. The van der Waals surface area contributed by atoms with Gasteiger partial charge in [-0.2, -0.15) is 0 Å². The third-order valence-corrected chi connectivity index (χ3v) is 6.34. The van der Waals surface area contributed by atoms with Crippen molar-refractivity contribution >= 4 is 0 Å². The van der Waals surface area contributed by atoms with Crippen LogP contribution in [0.4, 0.5) is 0 Å². The van der Waals surface area contributed by atoms with Crippen LogP contribution in [0.1, 0.15) is 103 Å². The molecule has 0 saturated carbocycles. The van der Waals surface area contributed by atoms with Gasteiger partial charge in [0.05, 0.1) is 12.4 Å². The molecule has 0 aliphatic heterocycles. The zero-order chi connectivity index (χ0) is 20.0. The van der Waals surface area contributed by atoms with E-state index in [-0.39, 0.29) is 0 Å². The number of benzene rings is 1. The molecule has 28 heavy (non-hydrogen) atoms. The Bertz CT molecular complexity index is 542. The van der Waals surface area contributed by atoms with E-state index in [1.165, 1.54) is 93.9 Å². The van der Waals surface area contributed by atoms with Crippen LogP contribution in [0.3, 0.4) is 0 Å². The Balaban J connectivity index is 1.61. The van der Waals surface area contributed by atoms with E-state index >= 15 is 0 Å². The van der Waals surface area contributed by atoms with Crippen molar-refractivity contribution in [1.82, 2.24) is 0 Å². The zero-order valence-electron chi connectivity index (χ0n) is 18.8. The minimum atomic E-state index is 0.796. The van der Waals surface area contributed by atoms with Crippen LogP contribution < -0.4 is 0 Å². The minimum Gasteiger partial charge on any atom is -0.498 e. The van der Waals surface area contributed by atoms with Gasteiger partial charge in [-0.1, -0.05) is 77.1 Å². The molecule has 0 radical (unpaired) electrons. The summed E-state index contributed by atoms with van der Waals surface area (Å²) < 4.78 is 6.03. The van der Waals surface area contributed by atoms with Crippen molar-refractivity contribution in [1.29, 1.82) is 0 Å². The van der Waals surface area contributed by atoms with Crippen LogP contribution in [0.25, 0.3) is 0 Å². The zero-order valence-corrected chi connectivity index (χ0v) is 18.8. The van der Waals surface area contributed by atoms with E-state index in [0.717, 1.165) is 24.9 Å². The molecule has 0 bridgehead atoms. The van der Waals surface area contributed by atoms with Crippen LogP contribution in [0, 0.1) is 11.8 Å². The maximum Gasteiger partial charge on any atom is 0.0920 e.